The Morgan fingerprint density at radius 2 is 2.04 bits per heavy atom. The summed E-state index contributed by atoms with van der Waals surface area (Å²) in [5.41, 5.74) is 0.965. The molecule has 1 fully saturated rings. The summed E-state index contributed by atoms with van der Waals surface area (Å²) in [7, 11) is -1.34. The number of amides is 1. The van der Waals surface area contributed by atoms with Crippen LogP contribution < -0.4 is 5.32 Å². The number of aromatic nitrogens is 1. The summed E-state index contributed by atoms with van der Waals surface area (Å²) in [4.78, 5) is 20.2. The van der Waals surface area contributed by atoms with Gasteiger partial charge in [-0.15, -0.1) is 11.3 Å². The molecule has 0 unspecified atom stereocenters. The highest BCUT2D eigenvalue weighted by Gasteiger charge is 2.33. The number of carbonyl (C=O) groups is 1. The van der Waals surface area contributed by atoms with Crippen LogP contribution in [0.15, 0.2) is 36.4 Å². The van der Waals surface area contributed by atoms with Gasteiger partial charge in [0.25, 0.3) is 5.91 Å². The Labute approximate surface area is 159 Å². The molecular formula is C17H17N3O3S3. The molecule has 1 aliphatic rings. The lowest BCUT2D eigenvalue weighted by Crippen LogP contribution is -2.37. The van der Waals surface area contributed by atoms with Crippen molar-refractivity contribution in [2.45, 2.75) is 12.5 Å². The van der Waals surface area contributed by atoms with E-state index in [-0.39, 0.29) is 23.5 Å². The Hall–Kier alpha value is -1.97. The highest BCUT2D eigenvalue weighted by atomic mass is 32.2. The van der Waals surface area contributed by atoms with Gasteiger partial charge in [-0.3, -0.25) is 4.79 Å². The van der Waals surface area contributed by atoms with E-state index in [1.165, 1.54) is 22.7 Å². The van der Waals surface area contributed by atoms with Crippen molar-refractivity contribution < 1.29 is 13.2 Å². The third-order valence-electron chi connectivity index (χ3n) is 4.40. The second-order valence-corrected chi connectivity index (χ2v) is 10.6. The zero-order chi connectivity index (χ0) is 18.3. The number of nitrogens with zero attached hydrogens (tertiary/aromatic N) is 2. The number of sulfone groups is 1. The highest BCUT2D eigenvalue weighted by molar-refractivity contribution is 7.91. The SMILES string of the molecule is CN(C(=O)c1cc2sc(Nc3ccccc3)nc2s1)[C@H]1CCS(=O)(=O)C1. The van der Waals surface area contributed by atoms with Gasteiger partial charge in [-0.2, -0.15) is 0 Å². The zero-order valence-corrected chi connectivity index (χ0v) is 16.5. The molecule has 9 heteroatoms. The largest absolute Gasteiger partial charge is 0.337 e. The van der Waals surface area contributed by atoms with Gasteiger partial charge in [-0.05, 0) is 24.6 Å². The van der Waals surface area contributed by atoms with Crippen LogP contribution in [0.5, 0.6) is 0 Å². The predicted molar refractivity (Wildman–Crippen MR) is 106 cm³/mol. The minimum atomic E-state index is -3.01. The second-order valence-electron chi connectivity index (χ2n) is 6.26. The Morgan fingerprint density at radius 1 is 1.27 bits per heavy atom. The number of carbonyl (C=O) groups excluding carboxylic acids is 1. The van der Waals surface area contributed by atoms with E-state index < -0.39 is 9.84 Å². The van der Waals surface area contributed by atoms with E-state index in [4.69, 9.17) is 0 Å². The van der Waals surface area contributed by atoms with E-state index in [0.717, 1.165) is 20.3 Å². The van der Waals surface area contributed by atoms with Crippen LogP contribution in [0.2, 0.25) is 0 Å². The molecule has 3 aromatic rings. The van der Waals surface area contributed by atoms with Gasteiger partial charge in [0.2, 0.25) is 0 Å². The number of para-hydroxylation sites is 1. The molecule has 0 bridgehead atoms. The smallest absolute Gasteiger partial charge is 0.264 e. The second kappa shape index (κ2) is 6.64. The van der Waals surface area contributed by atoms with Crippen molar-refractivity contribution in [3.05, 3.63) is 41.3 Å². The first kappa shape index (κ1) is 17.4. The molecule has 1 saturated heterocycles. The van der Waals surface area contributed by atoms with Crippen LogP contribution in [-0.4, -0.2) is 48.8 Å². The lowest BCUT2D eigenvalue weighted by molar-refractivity contribution is 0.0752. The van der Waals surface area contributed by atoms with Crippen LogP contribution in [0.4, 0.5) is 10.8 Å². The molecule has 136 valence electrons. The Morgan fingerprint density at radius 3 is 2.69 bits per heavy atom. The number of thiazole rings is 1. The van der Waals surface area contributed by atoms with Crippen molar-refractivity contribution in [1.29, 1.82) is 0 Å². The Balaban J connectivity index is 1.51. The fourth-order valence-corrected chi connectivity index (χ4v) is 6.85. The maximum Gasteiger partial charge on any atom is 0.264 e. The van der Waals surface area contributed by atoms with Gasteiger partial charge in [0.15, 0.2) is 15.0 Å². The molecular weight excluding hydrogens is 390 g/mol. The van der Waals surface area contributed by atoms with Crippen molar-refractivity contribution in [2.24, 2.45) is 0 Å². The molecule has 1 atom stereocenters. The predicted octanol–water partition coefficient (Wildman–Crippen LogP) is 3.36. The third-order valence-corrected chi connectivity index (χ3v) is 8.22. The maximum absolute atomic E-state index is 12.7. The van der Waals surface area contributed by atoms with E-state index in [2.05, 4.69) is 10.3 Å². The number of benzene rings is 1. The number of thiophene rings is 1. The average molecular weight is 408 g/mol. The van der Waals surface area contributed by atoms with Crippen LogP contribution in [-0.2, 0) is 9.84 Å². The lowest BCUT2D eigenvalue weighted by atomic mass is 10.2. The van der Waals surface area contributed by atoms with Crippen LogP contribution in [0, 0.1) is 0 Å². The summed E-state index contributed by atoms with van der Waals surface area (Å²) in [6.07, 6.45) is 0.508. The van der Waals surface area contributed by atoms with E-state index in [1.807, 2.05) is 36.4 Å². The number of fused-ring (bicyclic) bond motifs is 1. The molecule has 0 radical (unpaired) electrons. The zero-order valence-electron chi connectivity index (χ0n) is 14.0. The molecule has 6 nitrogen and oxygen atoms in total. The van der Waals surface area contributed by atoms with E-state index >= 15 is 0 Å². The summed E-state index contributed by atoms with van der Waals surface area (Å²) in [5.74, 6) is 0.0726. The van der Waals surface area contributed by atoms with Gasteiger partial charge in [-0.1, -0.05) is 29.5 Å². The number of hydrogen-bond donors (Lipinski definition) is 1. The summed E-state index contributed by atoms with van der Waals surface area (Å²) in [6, 6.07) is 11.4. The van der Waals surface area contributed by atoms with E-state index in [9.17, 15) is 13.2 Å². The normalized spacial score (nSPS) is 18.9. The molecule has 1 aromatic carbocycles. The Kier molecular flexibility index (Phi) is 4.45. The van der Waals surface area contributed by atoms with Crippen LogP contribution in [0.1, 0.15) is 16.1 Å². The summed E-state index contributed by atoms with van der Waals surface area (Å²) in [6.45, 7) is 0. The average Bonchev–Trinajstić information content (AvgIpc) is 3.27. The van der Waals surface area contributed by atoms with Gasteiger partial charge < -0.3 is 10.2 Å². The van der Waals surface area contributed by atoms with Gasteiger partial charge in [0.1, 0.15) is 4.83 Å². The minimum absolute atomic E-state index is 0.0539. The van der Waals surface area contributed by atoms with Crippen molar-refractivity contribution in [1.82, 2.24) is 9.88 Å². The van der Waals surface area contributed by atoms with Crippen LogP contribution >= 0.6 is 22.7 Å². The number of nitrogens with one attached hydrogen (secondary N) is 1. The van der Waals surface area contributed by atoms with Gasteiger partial charge >= 0.3 is 0 Å². The van der Waals surface area contributed by atoms with Crippen molar-refractivity contribution in [2.75, 3.05) is 23.9 Å². The molecule has 1 aliphatic heterocycles. The number of anilines is 2. The first-order chi connectivity index (χ1) is 12.4. The molecule has 26 heavy (non-hydrogen) atoms. The molecule has 3 heterocycles. The van der Waals surface area contributed by atoms with Crippen molar-refractivity contribution >= 4 is 58.8 Å². The fraction of sp³-hybridized carbons (Fsp3) is 0.294. The number of rotatable bonds is 4. The minimum Gasteiger partial charge on any atom is -0.337 e. The van der Waals surface area contributed by atoms with Crippen molar-refractivity contribution in [3.8, 4) is 0 Å². The summed E-state index contributed by atoms with van der Waals surface area (Å²) >= 11 is 2.84. The molecule has 0 saturated carbocycles. The molecule has 4 rings (SSSR count). The highest BCUT2D eigenvalue weighted by Crippen LogP contribution is 2.35. The lowest BCUT2D eigenvalue weighted by Gasteiger charge is -2.22. The van der Waals surface area contributed by atoms with Gasteiger partial charge in [0, 0.05) is 18.8 Å². The fourth-order valence-electron chi connectivity index (χ4n) is 2.96. The van der Waals surface area contributed by atoms with Crippen LogP contribution in [0.25, 0.3) is 9.53 Å². The standard InChI is InChI=1S/C17H17N3O3S3/c1-20(12-7-8-26(22,23)10-12)16(21)14-9-13-15(24-14)19-17(25-13)18-11-5-3-2-4-6-11/h2-6,9,12H,7-8,10H2,1H3,(H,18,19)/t12-/m0/s1. The third kappa shape index (κ3) is 3.46. The topological polar surface area (TPSA) is 79.4 Å². The molecule has 1 N–H and O–H groups in total. The summed E-state index contributed by atoms with van der Waals surface area (Å²) in [5, 5.41) is 4.04. The maximum atomic E-state index is 12.7. The quantitative estimate of drug-likeness (QED) is 0.717. The molecule has 0 aliphatic carbocycles. The van der Waals surface area contributed by atoms with Gasteiger partial charge in [0.05, 0.1) is 21.1 Å². The molecule has 0 spiro atoms. The van der Waals surface area contributed by atoms with Crippen LogP contribution in [0.3, 0.4) is 0 Å². The monoisotopic (exact) mass is 407 g/mol. The van der Waals surface area contributed by atoms with E-state index in [0.29, 0.717) is 11.3 Å². The summed E-state index contributed by atoms with van der Waals surface area (Å²) < 4.78 is 24.2. The van der Waals surface area contributed by atoms with E-state index in [1.54, 1.807) is 11.9 Å². The number of hydrogen-bond acceptors (Lipinski definition) is 7. The first-order valence-electron chi connectivity index (χ1n) is 8.11. The van der Waals surface area contributed by atoms with Gasteiger partial charge in [-0.25, -0.2) is 13.4 Å². The van der Waals surface area contributed by atoms with Crippen molar-refractivity contribution in [3.63, 3.8) is 0 Å². The Bertz CT molecular complexity index is 1030. The first-order valence-corrected chi connectivity index (χ1v) is 11.6. The molecule has 2 aromatic heterocycles. The molecule has 1 amide bonds.